The van der Waals surface area contributed by atoms with Crippen molar-refractivity contribution in [3.8, 4) is 0 Å². The molecule has 2 N–H and O–H groups in total. The van der Waals surface area contributed by atoms with Crippen LogP contribution in [0.15, 0.2) is 23.3 Å². The number of aryl methyl sites for hydroxylation is 1. The molecule has 1 aromatic rings. The summed E-state index contributed by atoms with van der Waals surface area (Å²) in [6, 6.07) is 5.64. The van der Waals surface area contributed by atoms with Crippen LogP contribution in [0.5, 0.6) is 0 Å². The smallest absolute Gasteiger partial charge is 0.227 e. The van der Waals surface area contributed by atoms with Crippen LogP contribution in [0.2, 0.25) is 0 Å². The van der Waals surface area contributed by atoms with Gasteiger partial charge in [-0.15, -0.1) is 0 Å². The highest BCUT2D eigenvalue weighted by atomic mass is 16.2. The van der Waals surface area contributed by atoms with Crippen LogP contribution in [-0.4, -0.2) is 19.0 Å². The van der Waals surface area contributed by atoms with Gasteiger partial charge in [0.15, 0.2) is 0 Å². The molecule has 1 heterocycles. The third kappa shape index (κ3) is 2.38. The van der Waals surface area contributed by atoms with Gasteiger partial charge in [-0.05, 0) is 36.1 Å². The molecule has 1 saturated heterocycles. The summed E-state index contributed by atoms with van der Waals surface area (Å²) in [5.74, 6) is 0.109. The maximum atomic E-state index is 11.9. The summed E-state index contributed by atoms with van der Waals surface area (Å²) in [6.45, 7) is 2.87. The van der Waals surface area contributed by atoms with Crippen LogP contribution in [0.1, 0.15) is 12.0 Å². The average molecular weight is 245 g/mol. The molecule has 18 heavy (non-hydrogen) atoms. The summed E-state index contributed by atoms with van der Waals surface area (Å²) < 4.78 is 0. The fourth-order valence-corrected chi connectivity index (χ4v) is 2.21. The van der Waals surface area contributed by atoms with Gasteiger partial charge in [0, 0.05) is 24.4 Å². The van der Waals surface area contributed by atoms with E-state index < -0.39 is 0 Å². The zero-order valence-corrected chi connectivity index (χ0v) is 10.2. The lowest BCUT2D eigenvalue weighted by Gasteiger charge is -2.18. The van der Waals surface area contributed by atoms with Gasteiger partial charge in [-0.2, -0.15) is 0 Å². The van der Waals surface area contributed by atoms with Crippen LogP contribution >= 0.6 is 0 Å². The van der Waals surface area contributed by atoms with Crippen LogP contribution in [-0.2, 0) is 4.79 Å². The molecule has 0 aliphatic carbocycles. The van der Waals surface area contributed by atoms with Crippen LogP contribution in [0.4, 0.5) is 11.4 Å². The zero-order valence-electron chi connectivity index (χ0n) is 10.2. The molecular weight excluding hydrogens is 230 g/mol. The number of nitrogens with two attached hydrogens (primary N) is 1. The van der Waals surface area contributed by atoms with Crippen molar-refractivity contribution in [2.24, 2.45) is 11.0 Å². The molecule has 1 aliphatic heterocycles. The van der Waals surface area contributed by atoms with Gasteiger partial charge >= 0.3 is 0 Å². The number of amides is 1. The number of benzene rings is 1. The Balaban J connectivity index is 2.18. The van der Waals surface area contributed by atoms with Crippen molar-refractivity contribution in [2.75, 3.05) is 23.7 Å². The third-order valence-corrected chi connectivity index (χ3v) is 3.08. The molecule has 6 heteroatoms. The standard InChI is InChI=1S/C12H15N5O/c1-8-2-3-11(10(13)4-8)17-7-9(5-12(17)18)6-15-16-14/h2-4,9H,5-7,13H2,1H3. The fraction of sp³-hybridized carbons (Fsp3) is 0.417. The molecular formula is C12H15N5O. The highest BCUT2D eigenvalue weighted by Crippen LogP contribution is 2.30. The van der Waals surface area contributed by atoms with E-state index in [9.17, 15) is 4.79 Å². The first kappa shape index (κ1) is 12.3. The van der Waals surface area contributed by atoms with Gasteiger partial charge in [-0.25, -0.2) is 0 Å². The van der Waals surface area contributed by atoms with Crippen molar-refractivity contribution >= 4 is 17.3 Å². The van der Waals surface area contributed by atoms with Gasteiger partial charge < -0.3 is 10.6 Å². The summed E-state index contributed by atoms with van der Waals surface area (Å²) in [6.07, 6.45) is 0.409. The Bertz CT molecular complexity index is 521. The second kappa shape index (κ2) is 4.98. The van der Waals surface area contributed by atoms with E-state index in [4.69, 9.17) is 11.3 Å². The minimum absolute atomic E-state index is 0.0312. The quantitative estimate of drug-likeness (QED) is 0.382. The monoisotopic (exact) mass is 245 g/mol. The average Bonchev–Trinajstić information content (AvgIpc) is 2.68. The Kier molecular flexibility index (Phi) is 3.39. The SMILES string of the molecule is Cc1ccc(N2CC(CN=[N+]=[N-])CC2=O)c(N)c1. The molecule has 1 fully saturated rings. The van der Waals surface area contributed by atoms with Crippen LogP contribution in [0.25, 0.3) is 10.4 Å². The molecule has 2 rings (SSSR count). The van der Waals surface area contributed by atoms with E-state index in [0.29, 0.717) is 25.2 Å². The topological polar surface area (TPSA) is 95.1 Å². The molecule has 1 amide bonds. The van der Waals surface area contributed by atoms with Gasteiger partial charge in [-0.3, -0.25) is 4.79 Å². The Morgan fingerprint density at radius 2 is 2.39 bits per heavy atom. The highest BCUT2D eigenvalue weighted by Gasteiger charge is 2.30. The van der Waals surface area contributed by atoms with Crippen molar-refractivity contribution in [1.29, 1.82) is 0 Å². The first-order chi connectivity index (χ1) is 8.61. The van der Waals surface area contributed by atoms with E-state index in [1.807, 2.05) is 25.1 Å². The largest absolute Gasteiger partial charge is 0.397 e. The summed E-state index contributed by atoms with van der Waals surface area (Å²) in [5, 5.41) is 3.52. The molecule has 0 spiro atoms. The van der Waals surface area contributed by atoms with E-state index >= 15 is 0 Å². The number of hydrogen-bond acceptors (Lipinski definition) is 3. The summed E-state index contributed by atoms with van der Waals surface area (Å²) in [4.78, 5) is 16.3. The molecule has 1 aromatic carbocycles. The van der Waals surface area contributed by atoms with Gasteiger partial charge in [0.05, 0.1) is 11.4 Å². The lowest BCUT2D eigenvalue weighted by atomic mass is 10.1. The fourth-order valence-electron chi connectivity index (χ4n) is 2.21. The predicted octanol–water partition coefficient (Wildman–Crippen LogP) is 2.24. The zero-order chi connectivity index (χ0) is 13.1. The molecule has 0 saturated carbocycles. The van der Waals surface area contributed by atoms with Crippen molar-refractivity contribution < 1.29 is 4.79 Å². The minimum atomic E-state index is 0.0312. The number of nitrogens with zero attached hydrogens (tertiary/aromatic N) is 4. The van der Waals surface area contributed by atoms with Gasteiger partial charge in [0.25, 0.3) is 0 Å². The van der Waals surface area contributed by atoms with Crippen molar-refractivity contribution in [3.05, 3.63) is 34.2 Å². The summed E-state index contributed by atoms with van der Waals surface area (Å²) in [5.41, 5.74) is 16.6. The number of azide groups is 1. The van der Waals surface area contributed by atoms with E-state index in [0.717, 1.165) is 11.3 Å². The molecule has 0 bridgehead atoms. The molecule has 6 nitrogen and oxygen atoms in total. The normalized spacial score (nSPS) is 18.8. The van der Waals surface area contributed by atoms with E-state index in [1.54, 1.807) is 4.90 Å². The Labute approximate surface area is 105 Å². The number of nitrogen functional groups attached to an aromatic ring is 1. The first-order valence-electron chi connectivity index (χ1n) is 5.79. The van der Waals surface area contributed by atoms with E-state index in [2.05, 4.69) is 10.0 Å². The van der Waals surface area contributed by atoms with E-state index in [1.165, 1.54) is 0 Å². The minimum Gasteiger partial charge on any atom is -0.397 e. The second-order valence-corrected chi connectivity index (χ2v) is 4.55. The molecule has 1 atom stereocenters. The molecule has 0 aromatic heterocycles. The lowest BCUT2D eigenvalue weighted by Crippen LogP contribution is -2.25. The second-order valence-electron chi connectivity index (χ2n) is 4.55. The summed E-state index contributed by atoms with van der Waals surface area (Å²) >= 11 is 0. The summed E-state index contributed by atoms with van der Waals surface area (Å²) in [7, 11) is 0. The van der Waals surface area contributed by atoms with Crippen molar-refractivity contribution in [2.45, 2.75) is 13.3 Å². The van der Waals surface area contributed by atoms with Crippen LogP contribution in [0.3, 0.4) is 0 Å². The molecule has 1 aliphatic rings. The molecule has 0 radical (unpaired) electrons. The lowest BCUT2D eigenvalue weighted by molar-refractivity contribution is -0.117. The number of anilines is 2. The Hall–Kier alpha value is -2.20. The first-order valence-corrected chi connectivity index (χ1v) is 5.79. The third-order valence-electron chi connectivity index (χ3n) is 3.08. The molecule has 94 valence electrons. The number of rotatable bonds is 3. The Morgan fingerprint density at radius 3 is 3.06 bits per heavy atom. The van der Waals surface area contributed by atoms with E-state index in [-0.39, 0.29) is 11.8 Å². The number of carbonyl (C=O) groups is 1. The van der Waals surface area contributed by atoms with Crippen LogP contribution < -0.4 is 10.6 Å². The van der Waals surface area contributed by atoms with Crippen molar-refractivity contribution in [1.82, 2.24) is 0 Å². The highest BCUT2D eigenvalue weighted by molar-refractivity contribution is 5.98. The maximum Gasteiger partial charge on any atom is 0.227 e. The van der Waals surface area contributed by atoms with Gasteiger partial charge in [0.1, 0.15) is 0 Å². The number of hydrogen-bond donors (Lipinski definition) is 1. The van der Waals surface area contributed by atoms with Gasteiger partial charge in [-0.1, -0.05) is 11.2 Å². The van der Waals surface area contributed by atoms with Crippen LogP contribution in [0, 0.1) is 12.8 Å². The van der Waals surface area contributed by atoms with Gasteiger partial charge in [0.2, 0.25) is 5.91 Å². The molecule has 1 unspecified atom stereocenters. The number of carbonyl (C=O) groups excluding carboxylic acids is 1. The predicted molar refractivity (Wildman–Crippen MR) is 70.1 cm³/mol. The Morgan fingerprint density at radius 1 is 1.61 bits per heavy atom. The van der Waals surface area contributed by atoms with Crippen molar-refractivity contribution in [3.63, 3.8) is 0 Å². The maximum absolute atomic E-state index is 11.9.